The maximum absolute atomic E-state index is 13.4. The van der Waals surface area contributed by atoms with E-state index >= 15 is 0 Å². The van der Waals surface area contributed by atoms with Crippen LogP contribution in [0.25, 0.3) is 0 Å². The highest BCUT2D eigenvalue weighted by Crippen LogP contribution is 2.39. The molecule has 1 atom stereocenters. The smallest absolute Gasteiger partial charge is 0.327 e. The van der Waals surface area contributed by atoms with Crippen molar-refractivity contribution in [3.8, 4) is 5.75 Å². The largest absolute Gasteiger partial charge is 0.497 e. The number of hydrogen-bond donors (Lipinski definition) is 0. The van der Waals surface area contributed by atoms with Gasteiger partial charge in [-0.2, -0.15) is 0 Å². The van der Waals surface area contributed by atoms with Gasteiger partial charge in [0.1, 0.15) is 17.8 Å². The first-order valence-corrected chi connectivity index (χ1v) is 11.6. The number of likely N-dealkylation sites (N-methyl/N-ethyl adjacent to an activating group) is 1. The predicted molar refractivity (Wildman–Crippen MR) is 118 cm³/mol. The van der Waals surface area contributed by atoms with Gasteiger partial charge in [-0.1, -0.05) is 31.4 Å². The van der Waals surface area contributed by atoms with E-state index in [1.54, 1.807) is 24.0 Å². The molecule has 0 bridgehead atoms. The Morgan fingerprint density at radius 2 is 2.00 bits per heavy atom. The van der Waals surface area contributed by atoms with Crippen molar-refractivity contribution in [1.29, 1.82) is 0 Å². The summed E-state index contributed by atoms with van der Waals surface area (Å²) in [7, 11) is 3.30. The third-order valence-corrected chi connectivity index (χ3v) is 7.09. The highest BCUT2D eigenvalue weighted by molar-refractivity contribution is 6.08. The van der Waals surface area contributed by atoms with Crippen LogP contribution in [0.15, 0.2) is 24.3 Å². The molecule has 8 nitrogen and oxygen atoms in total. The molecule has 1 unspecified atom stereocenters. The summed E-state index contributed by atoms with van der Waals surface area (Å²) in [5, 5.41) is 0. The summed E-state index contributed by atoms with van der Waals surface area (Å²) in [5.41, 5.74) is 0.151. The Kier molecular flexibility index (Phi) is 6.69. The van der Waals surface area contributed by atoms with E-state index in [0.717, 1.165) is 48.3 Å². The highest BCUT2D eigenvalue weighted by atomic mass is 16.5. The Morgan fingerprint density at radius 1 is 1.22 bits per heavy atom. The average molecular weight is 444 g/mol. The average Bonchev–Trinajstić information content (AvgIpc) is 3.38. The standard InChI is InChI=1S/C24H33N3O5/c1-25-23(30)27(22(29)24(25)11-4-3-5-12-24)17-21(28)26(16-20-10-7-13-32-20)15-18-8-6-9-19(14-18)31-2/h6,8-9,14,20H,3-5,7,10-13,15-17H2,1-2H3. The van der Waals surface area contributed by atoms with Crippen molar-refractivity contribution in [3.63, 3.8) is 0 Å². The molecule has 1 spiro atoms. The zero-order chi connectivity index (χ0) is 22.7. The molecule has 3 aliphatic rings. The summed E-state index contributed by atoms with van der Waals surface area (Å²) < 4.78 is 11.1. The highest BCUT2D eigenvalue weighted by Gasteiger charge is 2.56. The number of benzene rings is 1. The maximum atomic E-state index is 13.4. The molecule has 2 aliphatic heterocycles. The summed E-state index contributed by atoms with van der Waals surface area (Å²) in [5.74, 6) is 0.251. The molecule has 1 saturated carbocycles. The van der Waals surface area contributed by atoms with Crippen LogP contribution in [-0.4, -0.2) is 78.0 Å². The van der Waals surface area contributed by atoms with Crippen LogP contribution < -0.4 is 4.74 Å². The number of hydrogen-bond acceptors (Lipinski definition) is 5. The second kappa shape index (κ2) is 9.48. The van der Waals surface area contributed by atoms with Gasteiger partial charge >= 0.3 is 6.03 Å². The number of carbonyl (C=O) groups is 3. The SMILES string of the molecule is COc1cccc(CN(CC2CCCO2)C(=O)CN2C(=O)N(C)C3(CCCCC3)C2=O)c1. The quantitative estimate of drug-likeness (QED) is 0.606. The van der Waals surface area contributed by atoms with Crippen molar-refractivity contribution < 1.29 is 23.9 Å². The van der Waals surface area contributed by atoms with Crippen molar-refractivity contribution >= 4 is 17.8 Å². The van der Waals surface area contributed by atoms with Crippen LogP contribution in [0.1, 0.15) is 50.5 Å². The van der Waals surface area contributed by atoms with Gasteiger partial charge < -0.3 is 19.3 Å². The molecule has 2 heterocycles. The molecule has 32 heavy (non-hydrogen) atoms. The van der Waals surface area contributed by atoms with Crippen molar-refractivity contribution in [2.24, 2.45) is 0 Å². The van der Waals surface area contributed by atoms with Gasteiger partial charge in [0.05, 0.1) is 13.2 Å². The fourth-order valence-electron chi connectivity index (χ4n) is 5.19. The third kappa shape index (κ3) is 4.33. The minimum absolute atomic E-state index is 0.0260. The Balaban J connectivity index is 1.51. The molecule has 174 valence electrons. The summed E-state index contributed by atoms with van der Waals surface area (Å²) in [6.07, 6.45) is 6.10. The number of amides is 4. The number of rotatable bonds is 7. The van der Waals surface area contributed by atoms with Gasteiger partial charge in [-0.15, -0.1) is 0 Å². The Hall–Kier alpha value is -2.61. The van der Waals surface area contributed by atoms with Crippen LogP contribution in [-0.2, 0) is 20.9 Å². The topological polar surface area (TPSA) is 79.4 Å². The molecule has 0 N–H and O–H groups in total. The van der Waals surface area contributed by atoms with Crippen LogP contribution in [0.4, 0.5) is 4.79 Å². The number of imide groups is 1. The zero-order valence-corrected chi connectivity index (χ0v) is 19.0. The van der Waals surface area contributed by atoms with Crippen molar-refractivity contribution in [2.75, 3.05) is 33.9 Å². The molecule has 4 rings (SSSR count). The molecule has 8 heteroatoms. The summed E-state index contributed by atoms with van der Waals surface area (Å²) in [6.45, 7) is 1.27. The lowest BCUT2D eigenvalue weighted by atomic mass is 9.81. The van der Waals surface area contributed by atoms with E-state index in [1.807, 2.05) is 24.3 Å². The second-order valence-electron chi connectivity index (χ2n) is 9.09. The molecule has 2 saturated heterocycles. The molecule has 0 aromatic heterocycles. The van der Waals surface area contributed by atoms with Gasteiger partial charge in [-0.05, 0) is 43.4 Å². The molecule has 1 aromatic carbocycles. The van der Waals surface area contributed by atoms with Gasteiger partial charge in [0.15, 0.2) is 0 Å². The van der Waals surface area contributed by atoms with Crippen molar-refractivity contribution in [2.45, 2.75) is 63.1 Å². The van der Waals surface area contributed by atoms with Crippen LogP contribution in [0.2, 0.25) is 0 Å². The molecule has 1 aliphatic carbocycles. The van der Waals surface area contributed by atoms with Gasteiger partial charge in [0, 0.05) is 26.7 Å². The lowest BCUT2D eigenvalue weighted by Crippen LogP contribution is -2.50. The van der Waals surface area contributed by atoms with Crippen LogP contribution >= 0.6 is 0 Å². The minimum Gasteiger partial charge on any atom is -0.497 e. The van der Waals surface area contributed by atoms with Gasteiger partial charge in [0.2, 0.25) is 5.91 Å². The van der Waals surface area contributed by atoms with E-state index in [1.165, 1.54) is 0 Å². The molecular weight excluding hydrogens is 410 g/mol. The fraction of sp³-hybridized carbons (Fsp3) is 0.625. The molecular formula is C24H33N3O5. The van der Waals surface area contributed by atoms with Gasteiger partial charge in [-0.3, -0.25) is 14.5 Å². The van der Waals surface area contributed by atoms with E-state index in [0.29, 0.717) is 32.5 Å². The number of ether oxygens (including phenoxy) is 2. The number of nitrogens with zero attached hydrogens (tertiary/aromatic N) is 3. The van der Waals surface area contributed by atoms with Crippen LogP contribution in [0.3, 0.4) is 0 Å². The van der Waals surface area contributed by atoms with Crippen LogP contribution in [0, 0.1) is 0 Å². The lowest BCUT2D eigenvalue weighted by Gasteiger charge is -2.35. The Morgan fingerprint density at radius 3 is 2.69 bits per heavy atom. The lowest BCUT2D eigenvalue weighted by molar-refractivity contribution is -0.141. The Bertz CT molecular complexity index is 861. The minimum atomic E-state index is -0.776. The first kappa shape index (κ1) is 22.6. The van der Waals surface area contributed by atoms with Gasteiger partial charge in [-0.25, -0.2) is 4.79 Å². The maximum Gasteiger partial charge on any atom is 0.327 e. The molecule has 3 fully saturated rings. The van der Waals surface area contributed by atoms with Crippen molar-refractivity contribution in [1.82, 2.24) is 14.7 Å². The first-order chi connectivity index (χ1) is 15.4. The van der Waals surface area contributed by atoms with Gasteiger partial charge in [0.25, 0.3) is 5.91 Å². The van der Waals surface area contributed by atoms with E-state index < -0.39 is 5.54 Å². The normalized spacial score (nSPS) is 22.6. The van der Waals surface area contributed by atoms with Crippen LogP contribution in [0.5, 0.6) is 5.75 Å². The molecule has 1 aromatic rings. The summed E-state index contributed by atoms with van der Waals surface area (Å²) in [4.78, 5) is 44.1. The first-order valence-electron chi connectivity index (χ1n) is 11.6. The van der Waals surface area contributed by atoms with E-state index in [-0.39, 0.29) is 30.5 Å². The monoisotopic (exact) mass is 443 g/mol. The number of urea groups is 1. The predicted octanol–water partition coefficient (Wildman–Crippen LogP) is 2.80. The molecule has 0 radical (unpaired) electrons. The number of methoxy groups -OCH3 is 1. The fourth-order valence-corrected chi connectivity index (χ4v) is 5.19. The second-order valence-corrected chi connectivity index (χ2v) is 9.09. The van der Waals surface area contributed by atoms with E-state index in [9.17, 15) is 14.4 Å². The third-order valence-electron chi connectivity index (χ3n) is 7.09. The van der Waals surface area contributed by atoms with Crippen molar-refractivity contribution in [3.05, 3.63) is 29.8 Å². The summed E-state index contributed by atoms with van der Waals surface area (Å²) in [6, 6.07) is 7.21. The van der Waals surface area contributed by atoms with E-state index in [4.69, 9.17) is 9.47 Å². The van der Waals surface area contributed by atoms with E-state index in [2.05, 4.69) is 0 Å². The summed E-state index contributed by atoms with van der Waals surface area (Å²) >= 11 is 0. The zero-order valence-electron chi connectivity index (χ0n) is 19.0. The molecule has 4 amide bonds. The Labute approximate surface area is 189 Å². The number of carbonyl (C=O) groups excluding carboxylic acids is 3.